The molecule has 0 aromatic carbocycles. The van der Waals surface area contributed by atoms with Gasteiger partial charge in [0.25, 0.3) is 5.09 Å². The number of nitrogens with zero attached hydrogens (tertiary/aromatic N) is 1. The topological polar surface area (TPSA) is 107 Å². The summed E-state index contributed by atoms with van der Waals surface area (Å²) in [5.41, 5.74) is 4.93. The first-order valence-corrected chi connectivity index (χ1v) is 2.91. The van der Waals surface area contributed by atoms with E-state index in [1.54, 1.807) is 0 Å². The zero-order valence-corrected chi connectivity index (χ0v) is 5.78. The fourth-order valence-electron chi connectivity index (χ4n) is 0.383. The number of nitrogens with two attached hydrogens (primary N) is 1. The van der Waals surface area contributed by atoms with Crippen LogP contribution < -0.4 is 11.1 Å². The standard InChI is InChI=1S/C4H9N3O4/c5-3-4(8)6-1-2-11-7(9)10/h1-3,5H2,(H,6,8). The van der Waals surface area contributed by atoms with Crippen LogP contribution in [-0.4, -0.2) is 30.7 Å². The van der Waals surface area contributed by atoms with Crippen LogP contribution >= 0.6 is 0 Å². The minimum Gasteiger partial charge on any atom is -0.353 e. The van der Waals surface area contributed by atoms with Crippen LogP contribution in [0.5, 0.6) is 0 Å². The quantitative estimate of drug-likeness (QED) is 0.284. The van der Waals surface area contributed by atoms with Crippen molar-refractivity contribution in [2.45, 2.75) is 0 Å². The van der Waals surface area contributed by atoms with Crippen molar-refractivity contribution in [1.29, 1.82) is 0 Å². The normalized spacial score (nSPS) is 8.82. The monoisotopic (exact) mass is 163 g/mol. The van der Waals surface area contributed by atoms with Crippen molar-refractivity contribution in [2.75, 3.05) is 19.7 Å². The van der Waals surface area contributed by atoms with E-state index < -0.39 is 5.09 Å². The fourth-order valence-corrected chi connectivity index (χ4v) is 0.383. The molecule has 0 rings (SSSR count). The molecular formula is C4H9N3O4. The zero-order valence-electron chi connectivity index (χ0n) is 5.78. The molecule has 0 fully saturated rings. The third-order valence-corrected chi connectivity index (χ3v) is 0.806. The lowest BCUT2D eigenvalue weighted by Crippen LogP contribution is -2.33. The molecule has 0 aromatic rings. The summed E-state index contributed by atoms with van der Waals surface area (Å²) < 4.78 is 0. The van der Waals surface area contributed by atoms with E-state index in [1.807, 2.05) is 0 Å². The maximum Gasteiger partial charge on any atom is 0.294 e. The third-order valence-electron chi connectivity index (χ3n) is 0.806. The summed E-state index contributed by atoms with van der Waals surface area (Å²) in [7, 11) is 0. The summed E-state index contributed by atoms with van der Waals surface area (Å²) in [6.45, 7) is -0.186. The maximum absolute atomic E-state index is 10.4. The highest BCUT2D eigenvalue weighted by atomic mass is 16.9. The van der Waals surface area contributed by atoms with Crippen LogP contribution in [0.1, 0.15) is 0 Å². The second-order valence-corrected chi connectivity index (χ2v) is 1.61. The molecule has 0 heterocycles. The van der Waals surface area contributed by atoms with Crippen LogP contribution in [0.4, 0.5) is 0 Å². The highest BCUT2D eigenvalue weighted by molar-refractivity contribution is 5.77. The summed E-state index contributed by atoms with van der Waals surface area (Å²) in [4.78, 5) is 23.9. The molecule has 0 radical (unpaired) electrons. The van der Waals surface area contributed by atoms with Gasteiger partial charge in [0.15, 0.2) is 0 Å². The van der Waals surface area contributed by atoms with Gasteiger partial charge >= 0.3 is 0 Å². The summed E-state index contributed by atoms with van der Waals surface area (Å²) >= 11 is 0. The molecule has 0 aliphatic heterocycles. The van der Waals surface area contributed by atoms with Gasteiger partial charge in [0, 0.05) is 6.54 Å². The SMILES string of the molecule is NCC(=O)NCCO[N+](=O)[O-]. The number of amides is 1. The highest BCUT2D eigenvalue weighted by Gasteiger charge is 1.96. The lowest BCUT2D eigenvalue weighted by Gasteiger charge is -2.00. The summed E-state index contributed by atoms with van der Waals surface area (Å²) in [6, 6.07) is 0. The van der Waals surface area contributed by atoms with E-state index in [1.165, 1.54) is 0 Å². The number of carbonyl (C=O) groups is 1. The van der Waals surface area contributed by atoms with Crippen molar-refractivity contribution in [3.63, 3.8) is 0 Å². The van der Waals surface area contributed by atoms with Gasteiger partial charge in [0.2, 0.25) is 5.91 Å². The summed E-state index contributed by atoms with van der Waals surface area (Å²) in [5, 5.41) is 10.9. The Labute approximate surface area is 62.6 Å². The first kappa shape index (κ1) is 9.63. The number of hydrogen-bond donors (Lipinski definition) is 2. The van der Waals surface area contributed by atoms with E-state index in [4.69, 9.17) is 5.73 Å². The van der Waals surface area contributed by atoms with Gasteiger partial charge in [0.05, 0.1) is 6.54 Å². The van der Waals surface area contributed by atoms with E-state index in [2.05, 4.69) is 10.2 Å². The molecule has 7 heteroatoms. The van der Waals surface area contributed by atoms with Crippen LogP contribution in [0.15, 0.2) is 0 Å². The van der Waals surface area contributed by atoms with E-state index in [-0.39, 0.29) is 25.6 Å². The lowest BCUT2D eigenvalue weighted by atomic mass is 10.6. The minimum atomic E-state index is -0.922. The summed E-state index contributed by atoms with van der Waals surface area (Å²) in [6.07, 6.45) is 0. The van der Waals surface area contributed by atoms with Crippen molar-refractivity contribution < 1.29 is 14.7 Å². The molecule has 0 atom stereocenters. The maximum atomic E-state index is 10.4. The summed E-state index contributed by atoms with van der Waals surface area (Å²) in [5.74, 6) is -0.364. The van der Waals surface area contributed by atoms with Crippen LogP contribution in [0.2, 0.25) is 0 Å². The Kier molecular flexibility index (Phi) is 4.74. The van der Waals surface area contributed by atoms with Crippen molar-refractivity contribution in [3.05, 3.63) is 10.1 Å². The number of hydrogen-bond acceptors (Lipinski definition) is 5. The van der Waals surface area contributed by atoms with Crippen LogP contribution in [0.25, 0.3) is 0 Å². The van der Waals surface area contributed by atoms with Crippen molar-refractivity contribution in [3.8, 4) is 0 Å². The Hall–Kier alpha value is -1.37. The minimum absolute atomic E-state index is 0.0943. The Morgan fingerprint density at radius 1 is 1.73 bits per heavy atom. The van der Waals surface area contributed by atoms with Crippen LogP contribution in [-0.2, 0) is 9.63 Å². The molecule has 64 valence electrons. The molecule has 11 heavy (non-hydrogen) atoms. The predicted molar refractivity (Wildman–Crippen MR) is 35.0 cm³/mol. The molecule has 7 nitrogen and oxygen atoms in total. The average Bonchev–Trinajstić information content (AvgIpc) is 1.97. The second-order valence-electron chi connectivity index (χ2n) is 1.61. The smallest absolute Gasteiger partial charge is 0.294 e. The first-order chi connectivity index (χ1) is 5.16. The zero-order chi connectivity index (χ0) is 8.69. The molecule has 0 aromatic heterocycles. The number of nitrogens with one attached hydrogen (secondary N) is 1. The lowest BCUT2D eigenvalue weighted by molar-refractivity contribution is -0.757. The van der Waals surface area contributed by atoms with Gasteiger partial charge in [-0.2, -0.15) is 0 Å². The molecule has 0 saturated heterocycles. The average molecular weight is 163 g/mol. The Morgan fingerprint density at radius 3 is 2.82 bits per heavy atom. The Bertz CT molecular complexity index is 148. The van der Waals surface area contributed by atoms with Crippen molar-refractivity contribution in [2.24, 2.45) is 5.73 Å². The molecule has 1 amide bonds. The van der Waals surface area contributed by atoms with Crippen LogP contribution in [0, 0.1) is 10.1 Å². The van der Waals surface area contributed by atoms with Gasteiger partial charge in [-0.15, -0.1) is 10.1 Å². The van der Waals surface area contributed by atoms with Gasteiger partial charge in [0.1, 0.15) is 6.61 Å². The Balaban J connectivity index is 3.14. The Morgan fingerprint density at radius 2 is 2.36 bits per heavy atom. The molecule has 0 saturated carbocycles. The molecule has 0 aliphatic rings. The van der Waals surface area contributed by atoms with Gasteiger partial charge in [-0.1, -0.05) is 0 Å². The van der Waals surface area contributed by atoms with E-state index >= 15 is 0 Å². The molecule has 0 spiro atoms. The van der Waals surface area contributed by atoms with Crippen molar-refractivity contribution in [1.82, 2.24) is 5.32 Å². The van der Waals surface area contributed by atoms with Gasteiger partial charge in [-0.05, 0) is 0 Å². The van der Waals surface area contributed by atoms with Gasteiger partial charge in [-0.3, -0.25) is 4.79 Å². The van der Waals surface area contributed by atoms with Crippen molar-refractivity contribution >= 4 is 5.91 Å². The first-order valence-electron chi connectivity index (χ1n) is 2.91. The fraction of sp³-hybridized carbons (Fsp3) is 0.750. The largest absolute Gasteiger partial charge is 0.353 e. The van der Waals surface area contributed by atoms with E-state index in [0.29, 0.717) is 0 Å². The molecule has 0 unspecified atom stereocenters. The van der Waals surface area contributed by atoms with E-state index in [9.17, 15) is 14.9 Å². The van der Waals surface area contributed by atoms with Gasteiger partial charge < -0.3 is 15.9 Å². The number of carbonyl (C=O) groups excluding carboxylic acids is 1. The molecule has 0 aliphatic carbocycles. The van der Waals surface area contributed by atoms with E-state index in [0.717, 1.165) is 0 Å². The molecule has 3 N–H and O–H groups in total. The second kappa shape index (κ2) is 5.42. The number of rotatable bonds is 5. The highest BCUT2D eigenvalue weighted by Crippen LogP contribution is 1.71. The predicted octanol–water partition coefficient (Wildman–Crippen LogP) is -1.73. The third kappa shape index (κ3) is 6.52. The van der Waals surface area contributed by atoms with Crippen LogP contribution in [0.3, 0.4) is 0 Å². The molecular weight excluding hydrogens is 154 g/mol. The molecule has 0 bridgehead atoms. The van der Waals surface area contributed by atoms with Gasteiger partial charge in [-0.25, -0.2) is 0 Å².